The molecule has 1 saturated carbocycles. The standard InChI is InChI=1S/C24H32N6O2/c1-16-9-10-18-12-19(24(31)25-23(18)17(16)2)13-29(20-6-3-4-7-20)15-22-26-27-28-30(22)14-21-8-5-11-32-21/h9-10,12,20-21H,3-8,11,13-15H2,1-2H3,(H,25,31). The van der Waals surface area contributed by atoms with Crippen LogP contribution in [0.5, 0.6) is 0 Å². The summed E-state index contributed by atoms with van der Waals surface area (Å²) in [5.74, 6) is 0.844. The average Bonchev–Trinajstić information content (AvgIpc) is 3.56. The Morgan fingerprint density at radius 3 is 2.78 bits per heavy atom. The number of rotatable bonds is 7. The Labute approximate surface area is 188 Å². The van der Waals surface area contributed by atoms with Gasteiger partial charge in [0.15, 0.2) is 5.82 Å². The predicted octanol–water partition coefficient (Wildman–Crippen LogP) is 3.26. The van der Waals surface area contributed by atoms with E-state index in [1.807, 2.05) is 4.68 Å². The van der Waals surface area contributed by atoms with Crippen molar-refractivity contribution in [2.24, 2.45) is 0 Å². The van der Waals surface area contributed by atoms with Crippen LogP contribution in [-0.2, 0) is 24.4 Å². The first kappa shape index (κ1) is 21.3. The second-order valence-corrected chi connectivity index (χ2v) is 9.35. The summed E-state index contributed by atoms with van der Waals surface area (Å²) < 4.78 is 7.66. The quantitative estimate of drug-likeness (QED) is 0.612. The summed E-state index contributed by atoms with van der Waals surface area (Å²) in [7, 11) is 0. The minimum atomic E-state index is -0.00635. The van der Waals surface area contributed by atoms with Crippen LogP contribution in [-0.4, -0.2) is 48.8 Å². The molecule has 8 heteroatoms. The molecule has 5 rings (SSSR count). The molecule has 1 N–H and O–H groups in total. The molecule has 2 aliphatic rings. The Morgan fingerprint density at radius 2 is 2.00 bits per heavy atom. The number of hydrogen-bond acceptors (Lipinski definition) is 6. The van der Waals surface area contributed by atoms with E-state index in [0.717, 1.165) is 60.1 Å². The van der Waals surface area contributed by atoms with Crippen molar-refractivity contribution in [2.75, 3.05) is 6.61 Å². The first-order chi connectivity index (χ1) is 15.6. The number of H-pyrrole nitrogens is 1. The molecule has 3 aromatic rings. The normalized spacial score (nSPS) is 19.5. The molecule has 1 atom stereocenters. The monoisotopic (exact) mass is 436 g/mol. The number of aryl methyl sites for hydroxylation is 2. The smallest absolute Gasteiger partial charge is 0.252 e. The third-order valence-corrected chi connectivity index (χ3v) is 7.19. The zero-order chi connectivity index (χ0) is 22.1. The van der Waals surface area contributed by atoms with Gasteiger partial charge in [0.2, 0.25) is 0 Å². The third kappa shape index (κ3) is 4.34. The second kappa shape index (κ2) is 9.11. The Bertz CT molecular complexity index is 1140. The molecule has 0 spiro atoms. The number of nitrogens with one attached hydrogen (secondary N) is 1. The molecule has 1 saturated heterocycles. The molecule has 1 aliphatic heterocycles. The van der Waals surface area contributed by atoms with E-state index in [1.54, 1.807) is 0 Å². The number of fused-ring (bicyclic) bond motifs is 1. The van der Waals surface area contributed by atoms with E-state index in [1.165, 1.54) is 18.4 Å². The maximum atomic E-state index is 13.0. The second-order valence-electron chi connectivity index (χ2n) is 9.35. The van der Waals surface area contributed by atoms with Crippen molar-refractivity contribution in [3.05, 3.63) is 51.1 Å². The minimum Gasteiger partial charge on any atom is -0.376 e. The molecule has 2 fully saturated rings. The zero-order valence-electron chi connectivity index (χ0n) is 19.0. The van der Waals surface area contributed by atoms with Crippen LogP contribution in [0.25, 0.3) is 10.9 Å². The Morgan fingerprint density at radius 1 is 1.16 bits per heavy atom. The molecule has 170 valence electrons. The van der Waals surface area contributed by atoms with E-state index in [0.29, 0.717) is 25.7 Å². The lowest BCUT2D eigenvalue weighted by Crippen LogP contribution is -2.35. The molecule has 2 aromatic heterocycles. The van der Waals surface area contributed by atoms with E-state index in [4.69, 9.17) is 4.74 Å². The highest BCUT2D eigenvalue weighted by Gasteiger charge is 2.26. The van der Waals surface area contributed by atoms with Crippen LogP contribution in [0.1, 0.15) is 61.0 Å². The van der Waals surface area contributed by atoms with Crippen molar-refractivity contribution >= 4 is 10.9 Å². The fourth-order valence-corrected chi connectivity index (χ4v) is 5.13. The number of tetrazole rings is 1. The van der Waals surface area contributed by atoms with Gasteiger partial charge >= 0.3 is 0 Å². The Balaban J connectivity index is 1.41. The van der Waals surface area contributed by atoms with Crippen molar-refractivity contribution in [3.63, 3.8) is 0 Å². The van der Waals surface area contributed by atoms with Crippen molar-refractivity contribution in [2.45, 2.75) is 84.2 Å². The van der Waals surface area contributed by atoms with Gasteiger partial charge in [0.05, 0.1) is 24.7 Å². The molecule has 1 aliphatic carbocycles. The van der Waals surface area contributed by atoms with Gasteiger partial charge in [-0.2, -0.15) is 0 Å². The van der Waals surface area contributed by atoms with Crippen LogP contribution >= 0.6 is 0 Å². The van der Waals surface area contributed by atoms with Gasteiger partial charge in [-0.25, -0.2) is 4.68 Å². The summed E-state index contributed by atoms with van der Waals surface area (Å²) in [6, 6.07) is 6.71. The molecule has 32 heavy (non-hydrogen) atoms. The third-order valence-electron chi connectivity index (χ3n) is 7.19. The van der Waals surface area contributed by atoms with Gasteiger partial charge in [-0.15, -0.1) is 5.10 Å². The first-order valence-corrected chi connectivity index (χ1v) is 11.8. The number of aromatic nitrogens is 5. The van der Waals surface area contributed by atoms with Crippen LogP contribution in [0.15, 0.2) is 23.0 Å². The molecule has 1 unspecified atom stereocenters. The summed E-state index contributed by atoms with van der Waals surface area (Å²) in [6.45, 7) is 6.87. The van der Waals surface area contributed by atoms with E-state index in [9.17, 15) is 4.79 Å². The van der Waals surface area contributed by atoms with E-state index >= 15 is 0 Å². The number of aromatic amines is 1. The maximum absolute atomic E-state index is 13.0. The van der Waals surface area contributed by atoms with Crippen LogP contribution in [0.4, 0.5) is 0 Å². The van der Waals surface area contributed by atoms with E-state index in [2.05, 4.69) is 57.5 Å². The lowest BCUT2D eigenvalue weighted by Gasteiger charge is -2.28. The van der Waals surface area contributed by atoms with Gasteiger partial charge in [0.1, 0.15) is 0 Å². The van der Waals surface area contributed by atoms with Gasteiger partial charge in [-0.1, -0.05) is 25.0 Å². The van der Waals surface area contributed by atoms with Crippen molar-refractivity contribution in [3.8, 4) is 0 Å². The van der Waals surface area contributed by atoms with Gasteiger partial charge in [0, 0.05) is 24.8 Å². The Kier molecular flexibility index (Phi) is 6.06. The molecular weight excluding hydrogens is 404 g/mol. The SMILES string of the molecule is Cc1ccc2cc(CN(Cc3nnnn3CC3CCCO3)C3CCCC3)c(=O)[nH]c2c1C. The number of nitrogens with zero attached hydrogens (tertiary/aromatic N) is 5. The highest BCUT2D eigenvalue weighted by molar-refractivity contribution is 5.83. The van der Waals surface area contributed by atoms with Crippen molar-refractivity contribution < 1.29 is 4.74 Å². The maximum Gasteiger partial charge on any atom is 0.252 e. The average molecular weight is 437 g/mol. The lowest BCUT2D eigenvalue weighted by molar-refractivity contribution is 0.0906. The molecule has 0 radical (unpaired) electrons. The summed E-state index contributed by atoms with van der Waals surface area (Å²) in [5, 5.41) is 13.6. The molecular formula is C24H32N6O2. The molecule has 8 nitrogen and oxygen atoms in total. The largest absolute Gasteiger partial charge is 0.376 e. The lowest BCUT2D eigenvalue weighted by atomic mass is 10.0. The highest BCUT2D eigenvalue weighted by atomic mass is 16.5. The van der Waals surface area contributed by atoms with Crippen molar-refractivity contribution in [1.29, 1.82) is 0 Å². The van der Waals surface area contributed by atoms with E-state index in [-0.39, 0.29) is 11.7 Å². The predicted molar refractivity (Wildman–Crippen MR) is 122 cm³/mol. The Hall–Kier alpha value is -2.58. The fraction of sp³-hybridized carbons (Fsp3) is 0.583. The van der Waals surface area contributed by atoms with Crippen LogP contribution < -0.4 is 5.56 Å². The molecule has 0 bridgehead atoms. The van der Waals surface area contributed by atoms with Crippen molar-refractivity contribution in [1.82, 2.24) is 30.1 Å². The van der Waals surface area contributed by atoms with Gasteiger partial charge in [-0.3, -0.25) is 9.69 Å². The summed E-state index contributed by atoms with van der Waals surface area (Å²) in [6.07, 6.45) is 7.10. The number of benzene rings is 1. The molecule has 1 aromatic carbocycles. The zero-order valence-corrected chi connectivity index (χ0v) is 19.0. The first-order valence-electron chi connectivity index (χ1n) is 11.8. The van der Waals surface area contributed by atoms with Crippen LogP contribution in [0, 0.1) is 13.8 Å². The van der Waals surface area contributed by atoms with Crippen LogP contribution in [0.2, 0.25) is 0 Å². The summed E-state index contributed by atoms with van der Waals surface area (Å²) in [4.78, 5) is 18.5. The highest BCUT2D eigenvalue weighted by Crippen LogP contribution is 2.27. The fourth-order valence-electron chi connectivity index (χ4n) is 5.13. The van der Waals surface area contributed by atoms with Crippen LogP contribution in [0.3, 0.4) is 0 Å². The number of pyridine rings is 1. The minimum absolute atomic E-state index is 0.00635. The number of hydrogen-bond donors (Lipinski definition) is 1. The molecule has 3 heterocycles. The summed E-state index contributed by atoms with van der Waals surface area (Å²) in [5.41, 5.74) is 4.05. The molecule has 0 amide bonds. The number of ether oxygens (including phenoxy) is 1. The van der Waals surface area contributed by atoms with Gasteiger partial charge < -0.3 is 9.72 Å². The van der Waals surface area contributed by atoms with Gasteiger partial charge in [0.25, 0.3) is 5.56 Å². The topological polar surface area (TPSA) is 88.9 Å². The van der Waals surface area contributed by atoms with Gasteiger partial charge in [-0.05, 0) is 72.5 Å². The van der Waals surface area contributed by atoms with E-state index < -0.39 is 0 Å². The summed E-state index contributed by atoms with van der Waals surface area (Å²) >= 11 is 0.